The molecule has 0 radical (unpaired) electrons. The fourth-order valence-corrected chi connectivity index (χ4v) is 2.08. The van der Waals surface area contributed by atoms with Gasteiger partial charge in [0.25, 0.3) is 0 Å². The third-order valence-electron chi connectivity index (χ3n) is 3.48. The number of carbonyl (C=O) groups is 1. The van der Waals surface area contributed by atoms with Crippen LogP contribution in [0.15, 0.2) is 16.7 Å². The highest BCUT2D eigenvalue weighted by Gasteiger charge is 2.30. The predicted molar refractivity (Wildman–Crippen MR) is 65.4 cm³/mol. The van der Waals surface area contributed by atoms with E-state index >= 15 is 0 Å². The van der Waals surface area contributed by atoms with Crippen molar-refractivity contribution < 1.29 is 9.21 Å². The van der Waals surface area contributed by atoms with Crippen LogP contribution in [0.4, 0.5) is 0 Å². The minimum atomic E-state index is -0.513. The Labute approximate surface area is 102 Å². The Morgan fingerprint density at radius 2 is 2.41 bits per heavy atom. The summed E-state index contributed by atoms with van der Waals surface area (Å²) >= 11 is 0. The second kappa shape index (κ2) is 4.53. The van der Waals surface area contributed by atoms with Gasteiger partial charge in [-0.15, -0.1) is 0 Å². The highest BCUT2D eigenvalue weighted by molar-refractivity contribution is 5.82. The molecule has 94 valence electrons. The summed E-state index contributed by atoms with van der Waals surface area (Å²) in [7, 11) is 0. The maximum atomic E-state index is 12.1. The molecule has 4 heteroatoms. The molecule has 2 rings (SSSR count). The molecule has 0 bridgehead atoms. The lowest BCUT2D eigenvalue weighted by atomic mass is 9.89. The summed E-state index contributed by atoms with van der Waals surface area (Å²) in [6, 6.07) is 2.03. The summed E-state index contributed by atoms with van der Waals surface area (Å²) < 4.78 is 5.40. The van der Waals surface area contributed by atoms with Crippen LogP contribution in [0.2, 0.25) is 0 Å². The minimum Gasteiger partial charge on any atom is -0.469 e. The van der Waals surface area contributed by atoms with Crippen LogP contribution in [-0.2, 0) is 11.2 Å². The molecule has 1 amide bonds. The van der Waals surface area contributed by atoms with Crippen molar-refractivity contribution in [3.05, 3.63) is 23.7 Å². The van der Waals surface area contributed by atoms with E-state index in [1.807, 2.05) is 19.9 Å². The molecule has 1 aromatic heterocycles. The Balaban J connectivity index is 2.09. The number of rotatable bonds is 3. The molecule has 0 saturated heterocycles. The summed E-state index contributed by atoms with van der Waals surface area (Å²) in [5.41, 5.74) is 6.22. The van der Waals surface area contributed by atoms with Crippen molar-refractivity contribution in [2.24, 2.45) is 11.1 Å². The Kier molecular flexibility index (Phi) is 3.24. The van der Waals surface area contributed by atoms with E-state index in [4.69, 9.17) is 10.2 Å². The van der Waals surface area contributed by atoms with Gasteiger partial charge in [-0.2, -0.15) is 0 Å². The van der Waals surface area contributed by atoms with Gasteiger partial charge < -0.3 is 15.5 Å². The average molecular weight is 236 g/mol. The van der Waals surface area contributed by atoms with Crippen molar-refractivity contribution in [3.63, 3.8) is 0 Å². The first kappa shape index (κ1) is 12.2. The second-order valence-electron chi connectivity index (χ2n) is 5.31. The van der Waals surface area contributed by atoms with E-state index in [0.29, 0.717) is 6.54 Å². The van der Waals surface area contributed by atoms with E-state index in [1.54, 1.807) is 6.26 Å². The molecule has 4 nitrogen and oxygen atoms in total. The van der Waals surface area contributed by atoms with Gasteiger partial charge in [-0.3, -0.25) is 4.79 Å². The lowest BCUT2D eigenvalue weighted by Crippen LogP contribution is -2.43. The van der Waals surface area contributed by atoms with Crippen molar-refractivity contribution in [1.82, 2.24) is 5.32 Å². The van der Waals surface area contributed by atoms with E-state index in [-0.39, 0.29) is 11.9 Å². The molecule has 1 unspecified atom stereocenters. The minimum absolute atomic E-state index is 0.0130. The van der Waals surface area contributed by atoms with Crippen LogP contribution in [-0.4, -0.2) is 12.5 Å². The molecule has 0 saturated carbocycles. The number of amides is 1. The molecule has 1 atom stereocenters. The van der Waals surface area contributed by atoms with Gasteiger partial charge in [0.15, 0.2) is 0 Å². The Hall–Kier alpha value is -1.29. The van der Waals surface area contributed by atoms with Crippen molar-refractivity contribution in [1.29, 1.82) is 0 Å². The SMILES string of the molecule is CC(C)(CN)C(=O)NC1CCCc2occc21. The summed E-state index contributed by atoms with van der Waals surface area (Å²) in [4.78, 5) is 12.1. The molecule has 1 aliphatic rings. The lowest BCUT2D eigenvalue weighted by molar-refractivity contribution is -0.129. The molecule has 1 aromatic rings. The zero-order valence-corrected chi connectivity index (χ0v) is 10.5. The standard InChI is InChI=1S/C13H20N2O2/c1-13(2,8-14)12(16)15-10-4-3-5-11-9(10)6-7-17-11/h6-7,10H,3-5,8,14H2,1-2H3,(H,15,16). The normalized spacial score (nSPS) is 19.8. The number of furan rings is 1. The molecular weight excluding hydrogens is 216 g/mol. The van der Waals surface area contributed by atoms with E-state index in [0.717, 1.165) is 30.6 Å². The van der Waals surface area contributed by atoms with Gasteiger partial charge in [0, 0.05) is 18.5 Å². The average Bonchev–Trinajstić information content (AvgIpc) is 2.78. The smallest absolute Gasteiger partial charge is 0.227 e. The number of nitrogens with one attached hydrogen (secondary N) is 1. The topological polar surface area (TPSA) is 68.3 Å². The number of nitrogens with two attached hydrogens (primary N) is 1. The number of aryl methyl sites for hydroxylation is 1. The molecule has 0 fully saturated rings. The highest BCUT2D eigenvalue weighted by atomic mass is 16.3. The van der Waals surface area contributed by atoms with Crippen molar-refractivity contribution in [3.8, 4) is 0 Å². The first-order valence-electron chi connectivity index (χ1n) is 6.12. The van der Waals surface area contributed by atoms with Crippen LogP contribution < -0.4 is 11.1 Å². The van der Waals surface area contributed by atoms with E-state index in [1.165, 1.54) is 0 Å². The van der Waals surface area contributed by atoms with Crippen LogP contribution in [0, 0.1) is 5.41 Å². The van der Waals surface area contributed by atoms with Gasteiger partial charge in [0.1, 0.15) is 5.76 Å². The lowest BCUT2D eigenvalue weighted by Gasteiger charge is -2.28. The van der Waals surface area contributed by atoms with Crippen LogP contribution in [0.3, 0.4) is 0 Å². The van der Waals surface area contributed by atoms with E-state index in [2.05, 4.69) is 5.32 Å². The fourth-order valence-electron chi connectivity index (χ4n) is 2.08. The Bertz CT molecular complexity index is 409. The zero-order valence-electron chi connectivity index (χ0n) is 10.5. The molecule has 1 aliphatic carbocycles. The van der Waals surface area contributed by atoms with Gasteiger partial charge in [-0.05, 0) is 32.8 Å². The Morgan fingerprint density at radius 1 is 1.65 bits per heavy atom. The predicted octanol–water partition coefficient (Wildman–Crippen LogP) is 1.76. The third-order valence-corrected chi connectivity index (χ3v) is 3.48. The zero-order chi connectivity index (χ0) is 12.5. The van der Waals surface area contributed by atoms with Crippen LogP contribution >= 0.6 is 0 Å². The number of hydrogen-bond donors (Lipinski definition) is 2. The number of carbonyl (C=O) groups excluding carboxylic acids is 1. The quantitative estimate of drug-likeness (QED) is 0.840. The van der Waals surface area contributed by atoms with Crippen LogP contribution in [0.25, 0.3) is 0 Å². The van der Waals surface area contributed by atoms with Gasteiger partial charge >= 0.3 is 0 Å². The van der Waals surface area contributed by atoms with Crippen molar-refractivity contribution in [2.75, 3.05) is 6.54 Å². The van der Waals surface area contributed by atoms with Crippen molar-refractivity contribution >= 4 is 5.91 Å². The maximum Gasteiger partial charge on any atom is 0.227 e. The van der Waals surface area contributed by atoms with Crippen LogP contribution in [0.5, 0.6) is 0 Å². The monoisotopic (exact) mass is 236 g/mol. The summed E-state index contributed by atoms with van der Waals surface area (Å²) in [5.74, 6) is 1.02. The van der Waals surface area contributed by atoms with E-state index < -0.39 is 5.41 Å². The fraction of sp³-hybridized carbons (Fsp3) is 0.615. The third kappa shape index (κ3) is 2.36. The van der Waals surface area contributed by atoms with Gasteiger partial charge in [-0.1, -0.05) is 0 Å². The molecule has 1 heterocycles. The molecule has 0 aromatic carbocycles. The Morgan fingerprint density at radius 3 is 3.12 bits per heavy atom. The van der Waals surface area contributed by atoms with Gasteiger partial charge in [0.2, 0.25) is 5.91 Å². The molecule has 0 spiro atoms. The van der Waals surface area contributed by atoms with Crippen molar-refractivity contribution in [2.45, 2.75) is 39.2 Å². The van der Waals surface area contributed by atoms with Gasteiger partial charge in [0.05, 0.1) is 17.7 Å². The largest absolute Gasteiger partial charge is 0.469 e. The molecule has 17 heavy (non-hydrogen) atoms. The highest BCUT2D eigenvalue weighted by Crippen LogP contribution is 2.31. The first-order valence-corrected chi connectivity index (χ1v) is 6.12. The number of hydrogen-bond acceptors (Lipinski definition) is 3. The first-order chi connectivity index (χ1) is 8.04. The molecule has 0 aliphatic heterocycles. The molecular formula is C13H20N2O2. The van der Waals surface area contributed by atoms with E-state index in [9.17, 15) is 4.79 Å². The molecule has 3 N–H and O–H groups in total. The summed E-state index contributed by atoms with van der Waals surface area (Å²) in [6.07, 6.45) is 4.69. The van der Waals surface area contributed by atoms with Crippen LogP contribution in [0.1, 0.15) is 44.1 Å². The summed E-state index contributed by atoms with van der Waals surface area (Å²) in [6.45, 7) is 4.08. The second-order valence-corrected chi connectivity index (χ2v) is 5.31. The number of fused-ring (bicyclic) bond motifs is 1. The maximum absolute atomic E-state index is 12.1. The summed E-state index contributed by atoms with van der Waals surface area (Å²) in [5, 5.41) is 3.07. The van der Waals surface area contributed by atoms with Gasteiger partial charge in [-0.25, -0.2) is 0 Å².